The van der Waals surface area contributed by atoms with Crippen LogP contribution in [0.1, 0.15) is 86.5 Å². The van der Waals surface area contributed by atoms with Crippen LogP contribution in [0.4, 0.5) is 0 Å². The van der Waals surface area contributed by atoms with Crippen LogP contribution in [0.2, 0.25) is 0 Å². The van der Waals surface area contributed by atoms with Crippen molar-refractivity contribution < 1.29 is 14.6 Å². The molecule has 3 nitrogen and oxygen atoms in total. The van der Waals surface area contributed by atoms with Crippen molar-refractivity contribution >= 4 is 5.78 Å². The van der Waals surface area contributed by atoms with E-state index in [-0.39, 0.29) is 34.4 Å². The minimum absolute atomic E-state index is 0.00473. The molecule has 1 aliphatic heterocycles. The van der Waals surface area contributed by atoms with Gasteiger partial charge >= 0.3 is 0 Å². The average molecular weight is 427 g/mol. The van der Waals surface area contributed by atoms with E-state index in [0.29, 0.717) is 36.0 Å². The summed E-state index contributed by atoms with van der Waals surface area (Å²) in [5, 5.41) is 10.3. The fourth-order valence-electron chi connectivity index (χ4n) is 8.22. The number of Topliss-reactive ketones (excluding diaryl/α,β-unsaturated/α-hetero) is 1. The lowest BCUT2D eigenvalue weighted by atomic mass is 9.48. The second-order valence-corrected chi connectivity index (χ2v) is 12.5. The van der Waals surface area contributed by atoms with Crippen LogP contribution < -0.4 is 0 Å². The third-order valence-electron chi connectivity index (χ3n) is 10.7. The number of carbonyl (C=O) groups excluding carboxylic acids is 1. The molecule has 0 aromatic rings. The summed E-state index contributed by atoms with van der Waals surface area (Å²) in [5.74, 6) is 3.02. The Labute approximate surface area is 188 Å². The van der Waals surface area contributed by atoms with Crippen LogP contribution in [0, 0.1) is 40.4 Å². The SMILES string of the molecule is CC(C)[C@@H](C)C=C[C@@H](C)[C@H]1CCC2=C3C(=O)[C@@H]4O[C@@]45C[C@@H](O)CC[C@]5(C)[C@H]3CC[C@@]21C. The van der Waals surface area contributed by atoms with Crippen LogP contribution in [0.15, 0.2) is 23.3 Å². The van der Waals surface area contributed by atoms with Gasteiger partial charge in [0.15, 0.2) is 11.9 Å². The van der Waals surface area contributed by atoms with E-state index in [2.05, 4.69) is 53.7 Å². The number of fused-ring (bicyclic) bond motifs is 3. The van der Waals surface area contributed by atoms with Crippen molar-refractivity contribution in [2.24, 2.45) is 40.4 Å². The molecular formula is C28H42O3. The lowest BCUT2D eigenvalue weighted by Crippen LogP contribution is -2.56. The molecule has 5 rings (SSSR count). The zero-order valence-corrected chi connectivity index (χ0v) is 20.4. The van der Waals surface area contributed by atoms with Gasteiger partial charge in [-0.05, 0) is 73.5 Å². The van der Waals surface area contributed by atoms with Gasteiger partial charge in [0.05, 0.1) is 6.10 Å². The minimum Gasteiger partial charge on any atom is -0.393 e. The molecule has 0 unspecified atom stereocenters. The standard InChI is InChI=1S/C28H42O3/c1-16(2)17(3)7-8-18(4)20-9-10-21-23-22(12-13-26(20,21)5)27(6)14-11-19(29)15-28(27)25(31-28)24(23)30/h7-8,16-20,22,25,29H,9-15H2,1-6H3/t17-,18+,19-,20+,22-,25-,26+,27+,28-/m0/s1. The number of epoxide rings is 1. The number of hydrogen-bond acceptors (Lipinski definition) is 3. The molecular weight excluding hydrogens is 384 g/mol. The Kier molecular flexibility index (Phi) is 4.97. The number of hydrogen-bond donors (Lipinski definition) is 1. The fraction of sp³-hybridized carbons (Fsp3) is 0.821. The molecule has 31 heavy (non-hydrogen) atoms. The van der Waals surface area contributed by atoms with E-state index in [1.165, 1.54) is 24.0 Å². The maximum Gasteiger partial charge on any atom is 0.190 e. The highest BCUT2D eigenvalue weighted by Crippen LogP contribution is 2.71. The van der Waals surface area contributed by atoms with Gasteiger partial charge in [-0.1, -0.05) is 59.3 Å². The first-order chi connectivity index (χ1) is 14.5. The predicted molar refractivity (Wildman–Crippen MR) is 123 cm³/mol. The van der Waals surface area contributed by atoms with Gasteiger partial charge in [-0.25, -0.2) is 0 Å². The van der Waals surface area contributed by atoms with Crippen molar-refractivity contribution in [3.63, 3.8) is 0 Å². The number of rotatable bonds is 4. The molecule has 9 atom stereocenters. The first kappa shape index (κ1) is 21.9. The van der Waals surface area contributed by atoms with Crippen molar-refractivity contribution in [1.82, 2.24) is 0 Å². The average Bonchev–Trinajstić information content (AvgIpc) is 3.34. The van der Waals surface area contributed by atoms with E-state index in [0.717, 1.165) is 25.7 Å². The third kappa shape index (κ3) is 2.88. The quantitative estimate of drug-likeness (QED) is 0.452. The first-order valence-corrected chi connectivity index (χ1v) is 12.9. The highest BCUT2D eigenvalue weighted by atomic mass is 16.6. The second-order valence-electron chi connectivity index (χ2n) is 12.5. The summed E-state index contributed by atoms with van der Waals surface area (Å²) in [7, 11) is 0. The summed E-state index contributed by atoms with van der Waals surface area (Å²) >= 11 is 0. The Morgan fingerprint density at radius 3 is 2.52 bits per heavy atom. The van der Waals surface area contributed by atoms with Gasteiger partial charge in [0.25, 0.3) is 0 Å². The van der Waals surface area contributed by atoms with Crippen molar-refractivity contribution in [3.05, 3.63) is 23.3 Å². The Morgan fingerprint density at radius 2 is 1.81 bits per heavy atom. The second kappa shape index (κ2) is 7.03. The van der Waals surface area contributed by atoms with Crippen LogP contribution in [0.5, 0.6) is 0 Å². The lowest BCUT2D eigenvalue weighted by molar-refractivity contribution is -0.121. The van der Waals surface area contributed by atoms with E-state index in [1.54, 1.807) is 0 Å². The number of ketones is 1. The molecule has 0 bridgehead atoms. The summed E-state index contributed by atoms with van der Waals surface area (Å²) in [6.45, 7) is 14.1. The normalized spacial score (nSPS) is 48.3. The van der Waals surface area contributed by atoms with Crippen LogP contribution in [-0.2, 0) is 9.53 Å². The van der Waals surface area contributed by atoms with Gasteiger partial charge in [0, 0.05) is 17.4 Å². The van der Waals surface area contributed by atoms with Gasteiger partial charge in [0.2, 0.25) is 0 Å². The molecule has 0 amide bonds. The number of carbonyl (C=O) groups is 1. The largest absolute Gasteiger partial charge is 0.393 e. The molecule has 1 N–H and O–H groups in total. The molecule has 1 heterocycles. The number of allylic oxidation sites excluding steroid dienone is 3. The van der Waals surface area contributed by atoms with Crippen LogP contribution in [-0.4, -0.2) is 28.7 Å². The summed E-state index contributed by atoms with van der Waals surface area (Å²) in [6, 6.07) is 0. The first-order valence-electron chi connectivity index (χ1n) is 12.9. The van der Waals surface area contributed by atoms with Gasteiger partial charge in [0.1, 0.15) is 5.60 Å². The van der Waals surface area contributed by atoms with Crippen LogP contribution in [0.25, 0.3) is 0 Å². The zero-order chi connectivity index (χ0) is 22.3. The molecule has 0 aromatic heterocycles. The zero-order valence-electron chi connectivity index (χ0n) is 20.4. The van der Waals surface area contributed by atoms with Crippen LogP contribution in [0.3, 0.4) is 0 Å². The fourth-order valence-corrected chi connectivity index (χ4v) is 8.22. The smallest absolute Gasteiger partial charge is 0.190 e. The molecule has 172 valence electrons. The van der Waals surface area contributed by atoms with Crippen molar-refractivity contribution in [2.75, 3.05) is 0 Å². The lowest BCUT2D eigenvalue weighted by Gasteiger charge is -2.54. The van der Waals surface area contributed by atoms with Crippen molar-refractivity contribution in [3.8, 4) is 0 Å². The van der Waals surface area contributed by atoms with Gasteiger partial charge < -0.3 is 9.84 Å². The molecule has 1 spiro atoms. The van der Waals surface area contributed by atoms with Gasteiger partial charge in [-0.2, -0.15) is 0 Å². The van der Waals surface area contributed by atoms with E-state index in [1.807, 2.05) is 0 Å². The molecule has 5 aliphatic rings. The highest BCUT2D eigenvalue weighted by molar-refractivity contribution is 6.04. The monoisotopic (exact) mass is 426 g/mol. The summed E-state index contributed by atoms with van der Waals surface area (Å²) in [5.41, 5.74) is 2.41. The summed E-state index contributed by atoms with van der Waals surface area (Å²) in [4.78, 5) is 13.7. The Morgan fingerprint density at radius 1 is 1.06 bits per heavy atom. The molecule has 3 saturated carbocycles. The maximum atomic E-state index is 13.7. The molecule has 3 heteroatoms. The third-order valence-corrected chi connectivity index (χ3v) is 10.7. The van der Waals surface area contributed by atoms with E-state index in [9.17, 15) is 9.90 Å². The number of aliphatic hydroxyl groups is 1. The number of aliphatic hydroxyl groups excluding tert-OH is 1. The van der Waals surface area contributed by atoms with Crippen LogP contribution >= 0.6 is 0 Å². The van der Waals surface area contributed by atoms with E-state index < -0.39 is 0 Å². The van der Waals surface area contributed by atoms with Crippen molar-refractivity contribution in [1.29, 1.82) is 0 Å². The van der Waals surface area contributed by atoms with Gasteiger partial charge in [-0.3, -0.25) is 4.79 Å². The predicted octanol–water partition coefficient (Wildman–Crippen LogP) is 5.87. The Bertz CT molecular complexity index is 839. The molecule has 4 aliphatic carbocycles. The van der Waals surface area contributed by atoms with E-state index >= 15 is 0 Å². The molecule has 4 fully saturated rings. The van der Waals surface area contributed by atoms with Gasteiger partial charge in [-0.15, -0.1) is 0 Å². The van der Waals surface area contributed by atoms with Crippen molar-refractivity contribution in [2.45, 2.75) is 104 Å². The Hall–Kier alpha value is -0.930. The van der Waals surface area contributed by atoms with E-state index in [4.69, 9.17) is 4.74 Å². The summed E-state index contributed by atoms with van der Waals surface area (Å²) in [6.07, 6.45) is 11.3. The Balaban J connectivity index is 1.48. The summed E-state index contributed by atoms with van der Waals surface area (Å²) < 4.78 is 6.24. The minimum atomic E-state index is -0.384. The molecule has 1 saturated heterocycles. The highest BCUT2D eigenvalue weighted by Gasteiger charge is 2.77. The molecule has 0 radical (unpaired) electrons. The maximum absolute atomic E-state index is 13.7. The molecule has 0 aromatic carbocycles. The topological polar surface area (TPSA) is 49.8 Å². The number of ether oxygens (including phenoxy) is 1.